The Balaban J connectivity index is -0.0000000366. The van der Waals surface area contributed by atoms with Crippen LogP contribution in [0.4, 0.5) is 0 Å². The molecular formula is Na4O14P4Zr. The first-order valence-electron chi connectivity index (χ1n) is 2.92. The van der Waals surface area contributed by atoms with E-state index in [2.05, 4.69) is 8.62 Å². The van der Waals surface area contributed by atoms with Gasteiger partial charge in [-0.2, -0.15) is 0 Å². The molecule has 0 saturated carbocycles. The van der Waals surface area contributed by atoms with Crippen molar-refractivity contribution in [2.75, 3.05) is 0 Å². The van der Waals surface area contributed by atoms with Crippen molar-refractivity contribution >= 4 is 31.3 Å². The van der Waals surface area contributed by atoms with E-state index >= 15 is 0 Å². The van der Waals surface area contributed by atoms with Crippen molar-refractivity contribution in [3.05, 3.63) is 0 Å². The third kappa shape index (κ3) is 58.4. The molecule has 0 heterocycles. The van der Waals surface area contributed by atoms with Crippen LogP contribution in [0.3, 0.4) is 0 Å². The summed E-state index contributed by atoms with van der Waals surface area (Å²) in [6.45, 7) is 0. The number of rotatable bonds is 4. The van der Waals surface area contributed by atoms with E-state index in [1.165, 1.54) is 0 Å². The molecule has 0 atom stereocenters. The van der Waals surface area contributed by atoms with Gasteiger partial charge in [0, 0.05) is 0 Å². The van der Waals surface area contributed by atoms with Crippen molar-refractivity contribution < 1.29 is 210 Å². The number of hydrogen-bond acceptors (Lipinski definition) is 14. The molecule has 14 nitrogen and oxygen atoms in total. The summed E-state index contributed by atoms with van der Waals surface area (Å²) < 4.78 is 42.3. The van der Waals surface area contributed by atoms with Crippen LogP contribution in [0, 0.1) is 0 Å². The van der Waals surface area contributed by atoms with Crippen LogP contribution in [0.25, 0.3) is 0 Å². The summed E-state index contributed by atoms with van der Waals surface area (Å²) in [7, 11) is -22.7. The maximum absolute atomic E-state index is 9.32. The summed E-state index contributed by atoms with van der Waals surface area (Å²) in [6, 6.07) is 0. The van der Waals surface area contributed by atoms with E-state index < -0.39 is 31.3 Å². The predicted molar refractivity (Wildman–Crippen MR) is 32.6 cm³/mol. The van der Waals surface area contributed by atoms with E-state index in [0.717, 1.165) is 0 Å². The minimum atomic E-state index is -5.68. The molecule has 0 N–H and O–H groups in total. The molecule has 0 saturated heterocycles. The average Bonchev–Trinajstić information content (AvgIpc) is 1.64. The molecule has 0 aromatic heterocycles. The molecule has 112 valence electrons. The molecule has 0 aromatic carbocycles. The molecule has 0 aliphatic heterocycles. The number of phosphoric acid groups is 4. The van der Waals surface area contributed by atoms with Crippen molar-refractivity contribution in [1.82, 2.24) is 0 Å². The molecule has 0 radical (unpaired) electrons. The molecular weight excluding hydrogens is 531 g/mol. The van der Waals surface area contributed by atoms with Gasteiger partial charge in [-0.1, -0.05) is 0 Å². The van der Waals surface area contributed by atoms with Crippen molar-refractivity contribution in [2.24, 2.45) is 0 Å². The Labute approximate surface area is 237 Å². The fourth-order valence-corrected chi connectivity index (χ4v) is 2.20. The second kappa shape index (κ2) is 19.4. The van der Waals surface area contributed by atoms with Crippen molar-refractivity contribution in [3.63, 3.8) is 0 Å². The van der Waals surface area contributed by atoms with Crippen LogP contribution in [0.1, 0.15) is 0 Å². The van der Waals surface area contributed by atoms with Crippen LogP contribution in [0.5, 0.6) is 0 Å². The summed E-state index contributed by atoms with van der Waals surface area (Å²) in [5.41, 5.74) is 0. The smallest absolute Gasteiger partial charge is 0.790 e. The third-order valence-corrected chi connectivity index (χ3v) is 3.60. The molecule has 0 aromatic rings. The van der Waals surface area contributed by atoms with Crippen LogP contribution in [0.15, 0.2) is 0 Å². The van der Waals surface area contributed by atoms with Gasteiger partial charge < -0.3 is 66.0 Å². The van der Waals surface area contributed by atoms with E-state index in [-0.39, 0.29) is 144 Å². The van der Waals surface area contributed by atoms with E-state index in [4.69, 9.17) is 0 Å². The average molecular weight is 531 g/mol. The van der Waals surface area contributed by atoms with Gasteiger partial charge in [-0.15, -0.1) is 0 Å². The van der Waals surface area contributed by atoms with Crippen molar-refractivity contribution in [1.29, 1.82) is 0 Å². The van der Waals surface area contributed by atoms with Crippen LogP contribution >= 0.6 is 31.3 Å². The standard InChI is InChI=1S/4Na.2H4O7P2.Zr/c;;;;2*1-8(2,3)7-9(4,5)6;/h;;;;2*(H2,1,2,3)(H2,4,5,6);/q4*+1;;;+4/p-8. The van der Waals surface area contributed by atoms with E-state index in [1.807, 2.05) is 0 Å². The fraction of sp³-hybridized carbons (Fsp3) is 0. The summed E-state index contributed by atoms with van der Waals surface area (Å²) in [5.74, 6) is 0. The minimum Gasteiger partial charge on any atom is -0.790 e. The van der Waals surface area contributed by atoms with Crippen LogP contribution in [0.2, 0.25) is 0 Å². The molecule has 0 aliphatic rings. The summed E-state index contributed by atoms with van der Waals surface area (Å²) >= 11 is 0. The largest absolute Gasteiger partial charge is 4.00 e. The minimum absolute atomic E-state index is 0. The molecule has 0 amide bonds. The number of hydrogen-bond donors (Lipinski definition) is 0. The molecule has 0 bridgehead atoms. The maximum Gasteiger partial charge on any atom is 4.00 e. The van der Waals surface area contributed by atoms with Gasteiger partial charge >= 0.3 is 144 Å². The SMILES string of the molecule is O=P([O-])([O-])OP(=O)([O-])[O-].O=P([O-])([O-])OP(=O)([O-])[O-].[Na+].[Na+].[Na+].[Na+].[Zr+4]. The first kappa shape index (κ1) is 46.6. The fourth-order valence-electron chi connectivity index (χ4n) is 0.245. The quantitative estimate of drug-likeness (QED) is 0.241. The third-order valence-electron chi connectivity index (χ3n) is 0.400. The van der Waals surface area contributed by atoms with E-state index in [9.17, 15) is 57.4 Å². The van der Waals surface area contributed by atoms with E-state index in [0.29, 0.717) is 0 Å². The van der Waals surface area contributed by atoms with Crippen LogP contribution in [-0.4, -0.2) is 0 Å². The van der Waals surface area contributed by atoms with E-state index in [1.54, 1.807) is 0 Å². The first-order chi connectivity index (χ1) is 7.41. The zero-order valence-electron chi connectivity index (χ0n) is 12.0. The van der Waals surface area contributed by atoms with Crippen molar-refractivity contribution in [3.8, 4) is 0 Å². The Morgan fingerprint density at radius 2 is 0.522 bits per heavy atom. The molecule has 0 aliphatic carbocycles. The van der Waals surface area contributed by atoms with Gasteiger partial charge in [-0.3, -0.25) is 0 Å². The summed E-state index contributed by atoms with van der Waals surface area (Å²) in [5, 5.41) is 0. The van der Waals surface area contributed by atoms with Crippen LogP contribution in [-0.2, 0) is 53.1 Å². The Bertz CT molecular complexity index is 358. The first-order valence-corrected chi connectivity index (χ1v) is 8.76. The zero-order valence-corrected chi connectivity index (χ0v) is 26.0. The zero-order chi connectivity index (χ0) is 15.4. The topological polar surface area (TPSA) is 271 Å². The Kier molecular flexibility index (Phi) is 39.2. The Morgan fingerprint density at radius 1 is 0.435 bits per heavy atom. The second-order valence-electron chi connectivity index (χ2n) is 1.95. The molecule has 0 rings (SSSR count). The Hall–Kier alpha value is 5.40. The molecule has 0 fully saturated rings. The molecule has 23 heavy (non-hydrogen) atoms. The van der Waals surface area contributed by atoms with Gasteiger partial charge in [0.15, 0.2) is 0 Å². The summed E-state index contributed by atoms with van der Waals surface area (Å²) in [4.78, 5) is 74.6. The molecule has 23 heteroatoms. The summed E-state index contributed by atoms with van der Waals surface area (Å²) in [6.07, 6.45) is 0. The predicted octanol–water partition coefficient (Wildman–Crippen LogP) is -18.7. The van der Waals surface area contributed by atoms with Gasteiger partial charge in [0.1, 0.15) is 0 Å². The maximum atomic E-state index is 9.32. The van der Waals surface area contributed by atoms with Gasteiger partial charge in [0.2, 0.25) is 0 Å². The van der Waals surface area contributed by atoms with Crippen LogP contribution < -0.4 is 157 Å². The molecule has 0 unspecified atom stereocenters. The van der Waals surface area contributed by atoms with Gasteiger partial charge in [0.05, 0.1) is 31.3 Å². The second-order valence-corrected chi connectivity index (χ2v) is 6.84. The van der Waals surface area contributed by atoms with Gasteiger partial charge in [-0.25, -0.2) is 0 Å². The van der Waals surface area contributed by atoms with Gasteiger partial charge in [0.25, 0.3) is 0 Å². The van der Waals surface area contributed by atoms with Crippen molar-refractivity contribution in [2.45, 2.75) is 0 Å². The Morgan fingerprint density at radius 3 is 0.522 bits per heavy atom. The normalized spacial score (nSPS) is 10.8. The monoisotopic (exact) mass is 530 g/mol. The molecule has 0 spiro atoms. The van der Waals surface area contributed by atoms with Gasteiger partial charge in [-0.05, 0) is 0 Å².